The summed E-state index contributed by atoms with van der Waals surface area (Å²) in [6.07, 6.45) is 1.81. The summed E-state index contributed by atoms with van der Waals surface area (Å²) >= 11 is 0. The average Bonchev–Trinajstić information content (AvgIpc) is 2.60. The molecule has 1 aromatic heterocycles. The lowest BCUT2D eigenvalue weighted by Gasteiger charge is -2.12. The van der Waals surface area contributed by atoms with Gasteiger partial charge in [-0.25, -0.2) is 37.7 Å². The third-order valence-corrected chi connectivity index (χ3v) is 2.98. The van der Waals surface area contributed by atoms with Gasteiger partial charge in [0.2, 0.25) is 0 Å². The van der Waals surface area contributed by atoms with Gasteiger partial charge in [-0.1, -0.05) is 13.2 Å². The van der Waals surface area contributed by atoms with Crippen LogP contribution in [0.2, 0.25) is 0 Å². The van der Waals surface area contributed by atoms with Crippen molar-refractivity contribution in [1.29, 1.82) is 0 Å². The van der Waals surface area contributed by atoms with Crippen molar-refractivity contribution in [2.75, 3.05) is 13.2 Å². The summed E-state index contributed by atoms with van der Waals surface area (Å²) in [6.45, 7) is 4.09. The molecule has 136 valence electrons. The second-order valence-corrected chi connectivity index (χ2v) is 4.46. The average molecular weight is 355 g/mol. The van der Waals surface area contributed by atoms with Crippen LogP contribution in [0.5, 0.6) is 0 Å². The molecule has 1 rings (SSSR count). The Kier molecular flexibility index (Phi) is 7.28. The highest BCUT2D eigenvalue weighted by atomic mass is 16.5. The molecule has 0 radical (unpaired) electrons. The summed E-state index contributed by atoms with van der Waals surface area (Å²) < 4.78 is 11.0. The van der Waals surface area contributed by atoms with Gasteiger partial charge in [0.25, 0.3) is 0 Å². The van der Waals surface area contributed by atoms with E-state index in [9.17, 15) is 29.1 Å². The molecule has 0 amide bonds. The van der Waals surface area contributed by atoms with Crippen LogP contribution < -0.4 is 17.1 Å². The fourth-order valence-electron chi connectivity index (χ4n) is 1.78. The number of carbonyl (C=O) groups excluding carboxylic acids is 2. The van der Waals surface area contributed by atoms with Crippen LogP contribution in [0.3, 0.4) is 0 Å². The van der Waals surface area contributed by atoms with Gasteiger partial charge in [-0.05, 0) is 0 Å². The van der Waals surface area contributed by atoms with Crippen molar-refractivity contribution in [1.82, 2.24) is 13.7 Å². The SMILES string of the molecule is C=CC(=O)OCCn1c(=O)n(CO)c(=O)n(CCOC(=O)C=C)c1=O. The van der Waals surface area contributed by atoms with Crippen molar-refractivity contribution in [3.05, 3.63) is 56.8 Å². The maximum absolute atomic E-state index is 12.3. The van der Waals surface area contributed by atoms with E-state index >= 15 is 0 Å². The van der Waals surface area contributed by atoms with E-state index in [-0.39, 0.29) is 26.3 Å². The van der Waals surface area contributed by atoms with Crippen LogP contribution in [0, 0.1) is 0 Å². The Morgan fingerprint density at radius 3 is 1.52 bits per heavy atom. The predicted molar refractivity (Wildman–Crippen MR) is 83.8 cm³/mol. The Balaban J connectivity index is 3.15. The minimum Gasteiger partial charge on any atom is -0.461 e. The second kappa shape index (κ2) is 9.17. The highest BCUT2D eigenvalue weighted by molar-refractivity contribution is 5.81. The van der Waals surface area contributed by atoms with Crippen LogP contribution in [-0.2, 0) is 38.9 Å². The number of nitrogens with zero attached hydrogens (tertiary/aromatic N) is 3. The molecule has 0 aliphatic rings. The molecule has 0 aliphatic carbocycles. The van der Waals surface area contributed by atoms with Crippen LogP contribution in [0.15, 0.2) is 39.7 Å². The Morgan fingerprint density at radius 2 is 1.20 bits per heavy atom. The van der Waals surface area contributed by atoms with E-state index in [1.165, 1.54) is 0 Å². The number of rotatable bonds is 9. The van der Waals surface area contributed by atoms with Crippen molar-refractivity contribution in [3.8, 4) is 0 Å². The van der Waals surface area contributed by atoms with Gasteiger partial charge in [-0.15, -0.1) is 0 Å². The van der Waals surface area contributed by atoms with Crippen molar-refractivity contribution < 1.29 is 24.2 Å². The van der Waals surface area contributed by atoms with E-state index in [4.69, 9.17) is 0 Å². The molecule has 1 aromatic rings. The molecule has 0 unspecified atom stereocenters. The number of hydrogen-bond acceptors (Lipinski definition) is 8. The summed E-state index contributed by atoms with van der Waals surface area (Å²) in [7, 11) is 0. The third kappa shape index (κ3) is 4.88. The fourth-order valence-corrected chi connectivity index (χ4v) is 1.78. The summed E-state index contributed by atoms with van der Waals surface area (Å²) in [4.78, 5) is 58.4. The lowest BCUT2D eigenvalue weighted by molar-refractivity contribution is -0.138. The standard InChI is InChI=1S/C14H17N3O8/c1-3-10(19)24-7-5-15-12(21)16(6-8-25-11(20)4-2)14(23)17(9-18)13(15)22/h3-4,18H,1-2,5-9H2. The van der Waals surface area contributed by atoms with Gasteiger partial charge in [0.1, 0.15) is 19.9 Å². The number of hydrogen-bond donors (Lipinski definition) is 1. The first-order chi connectivity index (χ1) is 11.9. The molecule has 0 spiro atoms. The number of esters is 2. The van der Waals surface area contributed by atoms with Gasteiger partial charge in [0.15, 0.2) is 0 Å². The molecule has 1 N–H and O–H groups in total. The smallest absolute Gasteiger partial charge is 0.338 e. The monoisotopic (exact) mass is 355 g/mol. The minimum atomic E-state index is -1.06. The molecule has 0 bridgehead atoms. The quantitative estimate of drug-likeness (QED) is 0.381. The number of aromatic nitrogens is 3. The van der Waals surface area contributed by atoms with Gasteiger partial charge in [-0.2, -0.15) is 0 Å². The zero-order valence-corrected chi connectivity index (χ0v) is 13.3. The van der Waals surface area contributed by atoms with Crippen molar-refractivity contribution >= 4 is 11.9 Å². The number of aliphatic hydroxyl groups excluding tert-OH is 1. The van der Waals surface area contributed by atoms with Gasteiger partial charge < -0.3 is 14.6 Å². The number of aliphatic hydroxyl groups is 1. The Bertz CT molecular complexity index is 781. The highest BCUT2D eigenvalue weighted by Gasteiger charge is 2.15. The first-order valence-electron chi connectivity index (χ1n) is 7.01. The molecule has 0 aliphatic heterocycles. The zero-order chi connectivity index (χ0) is 19.0. The lowest BCUT2D eigenvalue weighted by Crippen LogP contribution is -2.55. The van der Waals surface area contributed by atoms with Gasteiger partial charge in [-0.3, -0.25) is 0 Å². The van der Waals surface area contributed by atoms with Crippen LogP contribution in [0.1, 0.15) is 0 Å². The maximum Gasteiger partial charge on any atom is 0.338 e. The van der Waals surface area contributed by atoms with Crippen molar-refractivity contribution in [2.24, 2.45) is 0 Å². The Hall–Kier alpha value is -3.21. The second-order valence-electron chi connectivity index (χ2n) is 4.46. The number of carbonyl (C=O) groups is 2. The molecule has 11 nitrogen and oxygen atoms in total. The van der Waals surface area contributed by atoms with E-state index in [1.54, 1.807) is 0 Å². The highest BCUT2D eigenvalue weighted by Crippen LogP contribution is 1.84. The molecular formula is C14H17N3O8. The van der Waals surface area contributed by atoms with Crippen LogP contribution >= 0.6 is 0 Å². The van der Waals surface area contributed by atoms with E-state index in [1.807, 2.05) is 0 Å². The predicted octanol–water partition coefficient (Wildman–Crippen LogP) is -2.42. The van der Waals surface area contributed by atoms with Crippen molar-refractivity contribution in [2.45, 2.75) is 19.8 Å². The summed E-state index contributed by atoms with van der Waals surface area (Å²) in [5.74, 6) is -1.50. The van der Waals surface area contributed by atoms with Gasteiger partial charge >= 0.3 is 29.0 Å². The number of ether oxygens (including phenoxy) is 2. The minimum absolute atomic E-state index is 0.324. The van der Waals surface area contributed by atoms with Crippen molar-refractivity contribution in [3.63, 3.8) is 0 Å². The molecule has 0 saturated carbocycles. The first kappa shape index (κ1) is 19.8. The normalized spacial score (nSPS) is 10.1. The Morgan fingerprint density at radius 1 is 0.840 bits per heavy atom. The molecule has 0 aromatic carbocycles. The largest absolute Gasteiger partial charge is 0.461 e. The lowest BCUT2D eigenvalue weighted by atomic mass is 10.6. The topological polar surface area (TPSA) is 139 Å². The molecule has 0 atom stereocenters. The zero-order valence-electron chi connectivity index (χ0n) is 13.3. The van der Waals surface area contributed by atoms with E-state index < -0.39 is 35.7 Å². The first-order valence-corrected chi connectivity index (χ1v) is 7.01. The van der Waals surface area contributed by atoms with Crippen LogP contribution in [0.25, 0.3) is 0 Å². The van der Waals surface area contributed by atoms with E-state index in [0.29, 0.717) is 13.7 Å². The molecular weight excluding hydrogens is 338 g/mol. The van der Waals surface area contributed by atoms with Gasteiger partial charge in [0.05, 0.1) is 13.1 Å². The molecule has 25 heavy (non-hydrogen) atoms. The fraction of sp³-hybridized carbons (Fsp3) is 0.357. The van der Waals surface area contributed by atoms with Crippen LogP contribution in [0.4, 0.5) is 0 Å². The molecule has 0 fully saturated rings. The maximum atomic E-state index is 12.3. The Labute approximate surface area is 140 Å². The van der Waals surface area contributed by atoms with Crippen LogP contribution in [-0.4, -0.2) is 44.0 Å². The van der Waals surface area contributed by atoms with Gasteiger partial charge in [0, 0.05) is 12.2 Å². The van der Waals surface area contributed by atoms with E-state index in [0.717, 1.165) is 12.2 Å². The van der Waals surface area contributed by atoms with E-state index in [2.05, 4.69) is 22.6 Å². The third-order valence-electron chi connectivity index (χ3n) is 2.98. The molecule has 11 heteroatoms. The molecule has 0 saturated heterocycles. The summed E-state index contributed by atoms with van der Waals surface area (Å²) in [6, 6.07) is 0. The summed E-state index contributed by atoms with van der Waals surface area (Å²) in [5, 5.41) is 9.18. The summed E-state index contributed by atoms with van der Waals surface area (Å²) in [5.41, 5.74) is -3.12. The molecule has 1 heterocycles.